The van der Waals surface area contributed by atoms with Gasteiger partial charge in [0.05, 0.1) is 10.7 Å². The van der Waals surface area contributed by atoms with Crippen LogP contribution in [0.1, 0.15) is 66.9 Å². The molecule has 1 aliphatic rings. The third kappa shape index (κ3) is 6.19. The van der Waals surface area contributed by atoms with E-state index in [9.17, 15) is 4.79 Å². The van der Waals surface area contributed by atoms with Crippen molar-refractivity contribution in [2.45, 2.75) is 66.7 Å². The van der Waals surface area contributed by atoms with Crippen molar-refractivity contribution in [3.63, 3.8) is 0 Å². The van der Waals surface area contributed by atoms with Crippen molar-refractivity contribution in [3.05, 3.63) is 52.2 Å². The lowest BCUT2D eigenvalue weighted by Crippen LogP contribution is -2.38. The van der Waals surface area contributed by atoms with Gasteiger partial charge in [-0.15, -0.1) is 0 Å². The molecule has 0 spiro atoms. The van der Waals surface area contributed by atoms with Crippen LogP contribution in [0.5, 0.6) is 0 Å². The summed E-state index contributed by atoms with van der Waals surface area (Å²) in [4.78, 5) is 20.2. The molecule has 184 valence electrons. The van der Waals surface area contributed by atoms with Crippen molar-refractivity contribution in [1.82, 2.24) is 14.5 Å². The molecule has 0 fully saturated rings. The average molecular weight is 463 g/mol. The van der Waals surface area contributed by atoms with Gasteiger partial charge in [0.2, 0.25) is 11.9 Å². The molecule has 0 radical (unpaired) electrons. The highest BCUT2D eigenvalue weighted by molar-refractivity contribution is 5.95. The van der Waals surface area contributed by atoms with Gasteiger partial charge in [0, 0.05) is 31.4 Å². The predicted octanol–water partition coefficient (Wildman–Crippen LogP) is 4.88. The van der Waals surface area contributed by atoms with Crippen molar-refractivity contribution in [2.75, 3.05) is 18.4 Å². The zero-order valence-corrected chi connectivity index (χ0v) is 22.3. The molecule has 2 aromatic rings. The first kappa shape index (κ1) is 25.8. The Balaban J connectivity index is 1.83. The molecule has 5 heteroatoms. The highest BCUT2D eigenvalue weighted by atomic mass is 16.2. The van der Waals surface area contributed by atoms with E-state index in [0.29, 0.717) is 18.3 Å². The van der Waals surface area contributed by atoms with E-state index >= 15 is 0 Å². The van der Waals surface area contributed by atoms with Crippen molar-refractivity contribution < 1.29 is 4.79 Å². The number of benzene rings is 1. The molecule has 1 heterocycles. The number of aromatic nitrogens is 2. The van der Waals surface area contributed by atoms with Crippen molar-refractivity contribution in [3.8, 4) is 0 Å². The van der Waals surface area contributed by atoms with Gasteiger partial charge in [-0.3, -0.25) is 4.79 Å². The number of anilines is 2. The van der Waals surface area contributed by atoms with Crippen LogP contribution in [0.4, 0.5) is 11.6 Å². The fourth-order valence-corrected chi connectivity index (χ4v) is 4.19. The highest BCUT2D eigenvalue weighted by Crippen LogP contribution is 2.24. The fraction of sp³-hybridized carbons (Fsp3) is 0.517. The molecule has 1 N–H and O–H groups in total. The van der Waals surface area contributed by atoms with Crippen molar-refractivity contribution in [2.24, 2.45) is 18.9 Å². The van der Waals surface area contributed by atoms with E-state index in [4.69, 9.17) is 4.98 Å². The minimum absolute atomic E-state index is 0.129. The number of allylic oxidation sites excluding steroid dienone is 1. The van der Waals surface area contributed by atoms with E-state index in [1.54, 1.807) is 0 Å². The van der Waals surface area contributed by atoms with Crippen molar-refractivity contribution in [1.29, 1.82) is 0 Å². The number of rotatable bonds is 8. The van der Waals surface area contributed by atoms with Gasteiger partial charge >= 0.3 is 0 Å². The Bertz CT molecular complexity index is 1150. The molecule has 3 rings (SSSR count). The number of nitrogens with one attached hydrogen (secondary N) is 1. The Morgan fingerprint density at radius 1 is 1.12 bits per heavy atom. The van der Waals surface area contributed by atoms with Crippen LogP contribution in [-0.2, 0) is 17.3 Å². The standard InChI is InChI=1S/C29H42N4O/c1-9-21(4)19-33(18-20(2)3)27(34)22-10-16-25-26(17-11-22)32(8)28(31-25)30-24-14-12-23(13-15-24)29(5,6)7/h10,12-17,20-21H,9,11,18-19H2,1-8H3,(H,30,31). The number of fused-ring (bicyclic) bond motifs is 1. The number of imidazole rings is 1. The Morgan fingerprint density at radius 2 is 1.79 bits per heavy atom. The summed E-state index contributed by atoms with van der Waals surface area (Å²) in [5.41, 5.74) is 3.27. The zero-order chi connectivity index (χ0) is 25.0. The molecule has 0 bridgehead atoms. The first-order valence-electron chi connectivity index (χ1n) is 12.6. The topological polar surface area (TPSA) is 50.2 Å². The van der Waals surface area contributed by atoms with Gasteiger partial charge in [-0.05, 0) is 47.4 Å². The Kier molecular flexibility index (Phi) is 8.06. The van der Waals surface area contributed by atoms with E-state index in [1.807, 2.05) is 24.1 Å². The number of hydrogen-bond donors (Lipinski definition) is 1. The average Bonchev–Trinajstić information content (AvgIpc) is 2.93. The van der Waals surface area contributed by atoms with Crippen LogP contribution in [0, 0.1) is 11.8 Å². The number of nitrogens with zero attached hydrogens (tertiary/aromatic N) is 3. The van der Waals surface area contributed by atoms with Crippen LogP contribution < -0.4 is 16.0 Å². The second-order valence-electron chi connectivity index (χ2n) is 11.1. The molecule has 0 saturated carbocycles. The van der Waals surface area contributed by atoms with Crippen LogP contribution in [0.15, 0.2) is 35.9 Å². The smallest absolute Gasteiger partial charge is 0.250 e. The summed E-state index contributed by atoms with van der Waals surface area (Å²) >= 11 is 0. The van der Waals surface area contributed by atoms with Crippen LogP contribution in [0.2, 0.25) is 0 Å². The molecule has 1 aromatic carbocycles. The summed E-state index contributed by atoms with van der Waals surface area (Å²) in [5.74, 6) is 1.87. The zero-order valence-electron chi connectivity index (χ0n) is 22.3. The molecular formula is C29H42N4O. The van der Waals surface area contributed by atoms with Gasteiger partial charge in [-0.1, -0.05) is 79.2 Å². The highest BCUT2D eigenvalue weighted by Gasteiger charge is 2.21. The minimum Gasteiger partial charge on any atom is -0.338 e. The van der Waals surface area contributed by atoms with Gasteiger partial charge in [0.25, 0.3) is 0 Å². The molecule has 1 unspecified atom stereocenters. The van der Waals surface area contributed by atoms with Crippen LogP contribution in [0.25, 0.3) is 12.2 Å². The second kappa shape index (κ2) is 10.6. The second-order valence-corrected chi connectivity index (χ2v) is 11.1. The molecule has 1 aliphatic carbocycles. The van der Waals surface area contributed by atoms with E-state index in [0.717, 1.165) is 47.4 Å². The minimum atomic E-state index is 0.129. The Labute approximate surface area is 205 Å². The summed E-state index contributed by atoms with van der Waals surface area (Å²) < 4.78 is 2.07. The first-order chi connectivity index (χ1) is 16.0. The predicted molar refractivity (Wildman–Crippen MR) is 143 cm³/mol. The summed E-state index contributed by atoms with van der Waals surface area (Å²) in [6.45, 7) is 17.0. The quantitative estimate of drug-likeness (QED) is 0.608. The number of carbonyl (C=O) groups excluding carboxylic acids is 1. The molecule has 1 aromatic heterocycles. The molecule has 1 amide bonds. The van der Waals surface area contributed by atoms with E-state index in [1.165, 1.54) is 5.56 Å². The summed E-state index contributed by atoms with van der Waals surface area (Å²) in [7, 11) is 2.02. The molecule has 0 saturated heterocycles. The number of hydrogen-bond acceptors (Lipinski definition) is 3. The molecular weight excluding hydrogens is 420 g/mol. The normalized spacial score (nSPS) is 14.4. The summed E-state index contributed by atoms with van der Waals surface area (Å²) in [6.07, 6.45) is 7.75. The van der Waals surface area contributed by atoms with Crippen LogP contribution in [-0.4, -0.2) is 33.4 Å². The maximum Gasteiger partial charge on any atom is 0.250 e. The third-order valence-corrected chi connectivity index (χ3v) is 6.51. The van der Waals surface area contributed by atoms with Gasteiger partial charge in [0.1, 0.15) is 0 Å². The van der Waals surface area contributed by atoms with E-state index in [2.05, 4.69) is 88.7 Å². The Morgan fingerprint density at radius 3 is 2.38 bits per heavy atom. The summed E-state index contributed by atoms with van der Waals surface area (Å²) in [5, 5.41) is 5.36. The molecule has 0 aliphatic heterocycles. The lowest BCUT2D eigenvalue weighted by atomic mass is 9.87. The van der Waals surface area contributed by atoms with Crippen LogP contribution in [0.3, 0.4) is 0 Å². The first-order valence-corrected chi connectivity index (χ1v) is 12.6. The maximum atomic E-state index is 13.4. The van der Waals surface area contributed by atoms with E-state index < -0.39 is 0 Å². The van der Waals surface area contributed by atoms with Crippen LogP contribution >= 0.6 is 0 Å². The third-order valence-electron chi connectivity index (χ3n) is 6.51. The Hall–Kier alpha value is -2.82. The van der Waals surface area contributed by atoms with Gasteiger partial charge in [-0.25, -0.2) is 4.98 Å². The molecule has 34 heavy (non-hydrogen) atoms. The number of carbonyl (C=O) groups is 1. The van der Waals surface area contributed by atoms with Gasteiger partial charge in [0.15, 0.2) is 0 Å². The van der Waals surface area contributed by atoms with E-state index in [-0.39, 0.29) is 11.3 Å². The monoisotopic (exact) mass is 462 g/mol. The fourth-order valence-electron chi connectivity index (χ4n) is 4.19. The van der Waals surface area contributed by atoms with Gasteiger partial charge < -0.3 is 14.8 Å². The SMILES string of the molecule is CCC(C)CN(CC(C)C)C(=O)C1=CC=c2nc(Nc3ccc(C(C)(C)C)cc3)n(C)c2=CC1. The van der Waals surface area contributed by atoms with Crippen molar-refractivity contribution >= 4 is 29.7 Å². The summed E-state index contributed by atoms with van der Waals surface area (Å²) in [6, 6.07) is 8.53. The lowest BCUT2D eigenvalue weighted by molar-refractivity contribution is -0.128. The largest absolute Gasteiger partial charge is 0.338 e. The maximum absolute atomic E-state index is 13.4. The molecule has 1 atom stereocenters. The van der Waals surface area contributed by atoms with Gasteiger partial charge in [-0.2, -0.15) is 0 Å². The lowest BCUT2D eigenvalue weighted by Gasteiger charge is -2.28. The number of amides is 1. The molecule has 5 nitrogen and oxygen atoms in total.